The number of hydrogen-bond acceptors (Lipinski definition) is 2. The summed E-state index contributed by atoms with van der Waals surface area (Å²) in [5.74, 6) is 0. The molecule has 0 aliphatic carbocycles. The topological polar surface area (TPSA) is 39.1 Å². The Morgan fingerprint density at radius 1 is 0.720 bits per heavy atom. The Bertz CT molecular complexity index is 1120. The number of fused-ring (bicyclic) bond motifs is 1. The fourth-order valence-corrected chi connectivity index (χ4v) is 6.87. The summed E-state index contributed by atoms with van der Waals surface area (Å²) in [5.41, 5.74) is 0.733. The Morgan fingerprint density at radius 2 is 1.32 bits per heavy atom. The normalized spacial score (nSPS) is 11.7. The van der Waals surface area contributed by atoms with Crippen LogP contribution in [0.4, 0.5) is 0 Å². The molecule has 0 atom stereocenters. The zero-order valence-corrected chi connectivity index (χ0v) is 16.2. The molecule has 0 aliphatic rings. The molecule has 1 aromatic heterocycles. The lowest BCUT2D eigenvalue weighted by atomic mass is 10.3. The van der Waals surface area contributed by atoms with Gasteiger partial charge in [-0.2, -0.15) is 0 Å². The van der Waals surface area contributed by atoms with E-state index in [9.17, 15) is 8.42 Å². The molecule has 0 aliphatic heterocycles. The van der Waals surface area contributed by atoms with Crippen LogP contribution < -0.4 is 21.2 Å². The van der Waals surface area contributed by atoms with Gasteiger partial charge in [0.05, 0.1) is 22.0 Å². The molecule has 5 heteroatoms. The molecule has 0 spiro atoms. The maximum Gasteiger partial charge on any atom is 0.360 e. The predicted molar refractivity (Wildman–Crippen MR) is 94.8 cm³/mol. The Kier molecular flexibility index (Phi) is 4.35. The second-order valence-electron chi connectivity index (χ2n) is 5.50. The van der Waals surface area contributed by atoms with Gasteiger partial charge in [0.2, 0.25) is 3.57 Å². The second-order valence-corrected chi connectivity index (χ2v) is 10.3. The molecular formula is C20H15INO2S+. The van der Waals surface area contributed by atoms with Gasteiger partial charge in [0.25, 0.3) is 10.0 Å². The van der Waals surface area contributed by atoms with Crippen molar-refractivity contribution in [2.24, 2.45) is 0 Å². The Labute approximate surface area is 157 Å². The molecule has 3 aromatic carbocycles. The molecule has 4 aromatic rings. The van der Waals surface area contributed by atoms with E-state index in [2.05, 4.69) is 12.1 Å². The van der Waals surface area contributed by atoms with E-state index in [0.29, 0.717) is 4.90 Å². The summed E-state index contributed by atoms with van der Waals surface area (Å²) in [7, 11) is -3.60. The van der Waals surface area contributed by atoms with Gasteiger partial charge < -0.3 is 0 Å². The molecule has 4 rings (SSSR count). The van der Waals surface area contributed by atoms with E-state index in [4.69, 9.17) is 0 Å². The smallest absolute Gasteiger partial charge is 0.236 e. The summed E-state index contributed by atoms with van der Waals surface area (Å²) in [6, 6.07) is 26.5. The molecular weight excluding hydrogens is 445 g/mol. The first-order chi connectivity index (χ1) is 12.2. The fraction of sp³-hybridized carbons (Fsp3) is 0. The van der Waals surface area contributed by atoms with Gasteiger partial charge >= 0.3 is 21.2 Å². The van der Waals surface area contributed by atoms with Crippen molar-refractivity contribution in [1.29, 1.82) is 0 Å². The van der Waals surface area contributed by atoms with Crippen LogP contribution in [0.25, 0.3) is 10.9 Å². The lowest BCUT2D eigenvalue weighted by Gasteiger charge is -2.06. The van der Waals surface area contributed by atoms with Crippen molar-refractivity contribution in [3.05, 3.63) is 98.3 Å². The van der Waals surface area contributed by atoms with Gasteiger partial charge in [0, 0.05) is 0 Å². The number of hydrogen-bond donors (Lipinski definition) is 0. The van der Waals surface area contributed by atoms with Crippen molar-refractivity contribution in [1.82, 2.24) is 3.97 Å². The average molecular weight is 460 g/mol. The highest BCUT2D eigenvalue weighted by Gasteiger charge is 2.27. The third kappa shape index (κ3) is 3.09. The molecule has 0 saturated heterocycles. The second kappa shape index (κ2) is 6.65. The number of nitrogens with zero attached hydrogens (tertiary/aromatic N) is 1. The number of para-hydroxylation sites is 1. The monoisotopic (exact) mass is 460 g/mol. The SMILES string of the molecule is O=S(=O)(c1ccccc1)n1cc([I+]c2ccccc2)c2ccccc21. The zero-order chi connectivity index (χ0) is 17.3. The summed E-state index contributed by atoms with van der Waals surface area (Å²) in [6.45, 7) is 0. The maximum absolute atomic E-state index is 13.1. The summed E-state index contributed by atoms with van der Waals surface area (Å²) < 4.78 is 30.0. The molecule has 0 bridgehead atoms. The first-order valence-electron chi connectivity index (χ1n) is 7.77. The van der Waals surface area contributed by atoms with Crippen molar-refractivity contribution in [3.8, 4) is 0 Å². The summed E-state index contributed by atoms with van der Waals surface area (Å²) in [5, 5.41) is 1.01. The van der Waals surface area contributed by atoms with Gasteiger partial charge in [-0.05, 0) is 36.4 Å². The quantitative estimate of drug-likeness (QED) is 0.427. The van der Waals surface area contributed by atoms with Gasteiger partial charge in [0.1, 0.15) is 0 Å². The maximum atomic E-state index is 13.1. The van der Waals surface area contributed by atoms with E-state index in [-0.39, 0.29) is 0 Å². The minimum Gasteiger partial charge on any atom is -0.236 e. The summed E-state index contributed by atoms with van der Waals surface area (Å²) in [6.07, 6.45) is 1.80. The molecule has 0 saturated carbocycles. The fourth-order valence-electron chi connectivity index (χ4n) is 2.69. The lowest BCUT2D eigenvalue weighted by Crippen LogP contribution is -3.61. The van der Waals surface area contributed by atoms with E-state index in [1.54, 1.807) is 30.5 Å². The van der Waals surface area contributed by atoms with Crippen LogP contribution in [0.2, 0.25) is 0 Å². The molecule has 0 radical (unpaired) electrons. The van der Waals surface area contributed by atoms with Crippen LogP contribution in [0.1, 0.15) is 0 Å². The average Bonchev–Trinajstić information content (AvgIpc) is 3.03. The predicted octanol–water partition coefficient (Wildman–Crippen LogP) is 1.01. The van der Waals surface area contributed by atoms with Gasteiger partial charge in [-0.15, -0.1) is 0 Å². The molecule has 0 unspecified atom stereocenters. The van der Waals surface area contributed by atoms with Gasteiger partial charge in [-0.3, -0.25) is 0 Å². The number of benzene rings is 3. The van der Waals surface area contributed by atoms with E-state index >= 15 is 0 Å². The number of aromatic nitrogens is 1. The van der Waals surface area contributed by atoms with Crippen LogP contribution in [0.5, 0.6) is 0 Å². The highest BCUT2D eigenvalue weighted by molar-refractivity contribution is 7.90. The van der Waals surface area contributed by atoms with Crippen LogP contribution in [0.3, 0.4) is 0 Å². The van der Waals surface area contributed by atoms with Gasteiger partial charge in [-0.1, -0.05) is 48.5 Å². The molecule has 3 nitrogen and oxygen atoms in total. The van der Waals surface area contributed by atoms with E-state index in [0.717, 1.165) is 14.5 Å². The Balaban J connectivity index is 1.89. The van der Waals surface area contributed by atoms with Crippen molar-refractivity contribution in [2.75, 3.05) is 0 Å². The van der Waals surface area contributed by atoms with Crippen LogP contribution >= 0.6 is 0 Å². The summed E-state index contributed by atoms with van der Waals surface area (Å²) in [4.78, 5) is 0.306. The summed E-state index contributed by atoms with van der Waals surface area (Å²) >= 11 is -0.456. The molecule has 1 heterocycles. The highest BCUT2D eigenvalue weighted by atomic mass is 127. The van der Waals surface area contributed by atoms with Crippen LogP contribution in [0.15, 0.2) is 96.0 Å². The van der Waals surface area contributed by atoms with Crippen molar-refractivity contribution in [2.45, 2.75) is 4.90 Å². The Hall–Kier alpha value is -2.12. The largest absolute Gasteiger partial charge is 0.360 e. The third-order valence-corrected chi connectivity index (χ3v) is 8.34. The number of rotatable bonds is 4. The molecule has 0 N–H and O–H groups in total. The van der Waals surface area contributed by atoms with Crippen molar-refractivity contribution >= 4 is 20.9 Å². The minimum absolute atomic E-state index is 0.306. The van der Waals surface area contributed by atoms with E-state index in [1.807, 2.05) is 48.5 Å². The van der Waals surface area contributed by atoms with E-state index < -0.39 is 31.2 Å². The van der Waals surface area contributed by atoms with Crippen LogP contribution in [-0.4, -0.2) is 12.4 Å². The van der Waals surface area contributed by atoms with Crippen molar-refractivity contribution in [3.63, 3.8) is 0 Å². The first-order valence-corrected chi connectivity index (χ1v) is 11.4. The first kappa shape index (κ1) is 16.4. The standard InChI is InChI=1S/C20H15INO2S/c23-25(24,17-11-5-2-6-12-17)22-15-19(18-13-7-8-14-20(18)22)21-16-9-3-1-4-10-16/h1-15H/q+1. The van der Waals surface area contributed by atoms with Crippen LogP contribution in [-0.2, 0) is 10.0 Å². The van der Waals surface area contributed by atoms with Gasteiger partial charge in [0.15, 0.2) is 3.57 Å². The molecule has 25 heavy (non-hydrogen) atoms. The molecule has 0 amide bonds. The lowest BCUT2D eigenvalue weighted by molar-refractivity contribution is -0.595. The van der Waals surface area contributed by atoms with Crippen molar-refractivity contribution < 1.29 is 29.6 Å². The number of halogens is 1. The van der Waals surface area contributed by atoms with Gasteiger partial charge in [-0.25, -0.2) is 12.4 Å². The Morgan fingerprint density at radius 3 is 2.04 bits per heavy atom. The van der Waals surface area contributed by atoms with Crippen LogP contribution in [0, 0.1) is 7.14 Å². The third-order valence-electron chi connectivity index (χ3n) is 3.87. The molecule has 0 fully saturated rings. The zero-order valence-electron chi connectivity index (χ0n) is 13.2. The van der Waals surface area contributed by atoms with E-state index in [1.165, 1.54) is 7.54 Å². The minimum atomic E-state index is -3.60. The molecule has 124 valence electrons. The highest BCUT2D eigenvalue weighted by Crippen LogP contribution is 2.22.